The topological polar surface area (TPSA) is 12.0 Å². The highest BCUT2D eigenvalue weighted by Gasteiger charge is 2.14. The minimum absolute atomic E-state index is 0.319. The standard InChI is InChI=1S/C14H11F2N/c15-12-3-1-2-11(14(12)16)9-4-5-13-10(8-9)6-7-17-13/h1-5,8,17H,6-7H2. The fourth-order valence-corrected chi connectivity index (χ4v) is 2.20. The molecular weight excluding hydrogens is 220 g/mol. The second-order valence-electron chi connectivity index (χ2n) is 4.15. The van der Waals surface area contributed by atoms with Crippen LogP contribution in [0.25, 0.3) is 11.1 Å². The van der Waals surface area contributed by atoms with Gasteiger partial charge in [-0.1, -0.05) is 18.2 Å². The monoisotopic (exact) mass is 231 g/mol. The molecule has 0 amide bonds. The first kappa shape index (κ1) is 10.3. The van der Waals surface area contributed by atoms with E-state index in [1.807, 2.05) is 18.2 Å². The van der Waals surface area contributed by atoms with Crippen molar-refractivity contribution in [2.75, 3.05) is 11.9 Å². The van der Waals surface area contributed by atoms with E-state index in [-0.39, 0.29) is 0 Å². The number of rotatable bonds is 1. The lowest BCUT2D eigenvalue weighted by molar-refractivity contribution is 0.511. The molecule has 0 radical (unpaired) electrons. The van der Waals surface area contributed by atoms with Crippen molar-refractivity contribution in [2.45, 2.75) is 6.42 Å². The van der Waals surface area contributed by atoms with E-state index in [4.69, 9.17) is 0 Å². The van der Waals surface area contributed by atoms with Crippen LogP contribution in [-0.2, 0) is 6.42 Å². The lowest BCUT2D eigenvalue weighted by Crippen LogP contribution is -1.91. The Bertz CT molecular complexity index is 578. The number of benzene rings is 2. The summed E-state index contributed by atoms with van der Waals surface area (Å²) in [6, 6.07) is 9.92. The van der Waals surface area contributed by atoms with Crippen LogP contribution < -0.4 is 5.32 Å². The van der Waals surface area contributed by atoms with Gasteiger partial charge in [-0.3, -0.25) is 0 Å². The lowest BCUT2D eigenvalue weighted by Gasteiger charge is -2.06. The summed E-state index contributed by atoms with van der Waals surface area (Å²) in [5.41, 5.74) is 3.29. The molecular formula is C14H11F2N. The Kier molecular flexibility index (Phi) is 2.32. The fraction of sp³-hybridized carbons (Fsp3) is 0.143. The van der Waals surface area contributed by atoms with Crippen LogP contribution in [0.4, 0.5) is 14.5 Å². The van der Waals surface area contributed by atoms with E-state index in [1.165, 1.54) is 6.07 Å². The molecule has 0 atom stereocenters. The fourth-order valence-electron chi connectivity index (χ4n) is 2.20. The van der Waals surface area contributed by atoms with Crippen LogP contribution in [0.5, 0.6) is 0 Å². The minimum atomic E-state index is -0.805. The summed E-state index contributed by atoms with van der Waals surface area (Å²) in [5.74, 6) is -1.58. The largest absolute Gasteiger partial charge is 0.384 e. The Balaban J connectivity index is 2.13. The van der Waals surface area contributed by atoms with E-state index in [0.29, 0.717) is 5.56 Å². The molecule has 0 aliphatic carbocycles. The second kappa shape index (κ2) is 3.84. The summed E-state index contributed by atoms with van der Waals surface area (Å²) in [6.07, 6.45) is 0.931. The molecule has 0 fully saturated rings. The van der Waals surface area contributed by atoms with E-state index < -0.39 is 11.6 Å². The van der Waals surface area contributed by atoms with Crippen molar-refractivity contribution in [1.29, 1.82) is 0 Å². The third-order valence-electron chi connectivity index (χ3n) is 3.08. The summed E-state index contributed by atoms with van der Waals surface area (Å²) in [6.45, 7) is 0.907. The zero-order chi connectivity index (χ0) is 11.8. The highest BCUT2D eigenvalue weighted by Crippen LogP contribution is 2.30. The minimum Gasteiger partial charge on any atom is -0.384 e. The molecule has 1 aliphatic heterocycles. The van der Waals surface area contributed by atoms with Crippen LogP contribution >= 0.6 is 0 Å². The predicted molar refractivity (Wildman–Crippen MR) is 64.0 cm³/mol. The Morgan fingerprint density at radius 1 is 1.06 bits per heavy atom. The summed E-state index contributed by atoms with van der Waals surface area (Å²) < 4.78 is 26.8. The van der Waals surface area contributed by atoms with Gasteiger partial charge in [-0.25, -0.2) is 8.78 Å². The second-order valence-corrected chi connectivity index (χ2v) is 4.15. The van der Waals surface area contributed by atoms with Crippen LogP contribution in [0, 0.1) is 11.6 Å². The molecule has 3 heteroatoms. The van der Waals surface area contributed by atoms with E-state index in [9.17, 15) is 8.78 Å². The number of hydrogen-bond donors (Lipinski definition) is 1. The number of halogens is 2. The van der Waals surface area contributed by atoms with Gasteiger partial charge in [0.05, 0.1) is 0 Å². The molecule has 86 valence electrons. The zero-order valence-corrected chi connectivity index (χ0v) is 9.13. The van der Waals surface area contributed by atoms with Gasteiger partial charge in [0.2, 0.25) is 0 Å². The number of anilines is 1. The van der Waals surface area contributed by atoms with Gasteiger partial charge >= 0.3 is 0 Å². The molecule has 0 aromatic heterocycles. The Morgan fingerprint density at radius 3 is 2.82 bits per heavy atom. The van der Waals surface area contributed by atoms with Gasteiger partial charge in [-0.2, -0.15) is 0 Å². The van der Waals surface area contributed by atoms with E-state index in [1.54, 1.807) is 6.07 Å². The van der Waals surface area contributed by atoms with Gasteiger partial charge < -0.3 is 5.32 Å². The summed E-state index contributed by atoms with van der Waals surface area (Å²) in [7, 11) is 0. The van der Waals surface area contributed by atoms with Crippen molar-refractivity contribution in [3.63, 3.8) is 0 Å². The lowest BCUT2D eigenvalue weighted by atomic mass is 10.0. The zero-order valence-electron chi connectivity index (χ0n) is 9.13. The van der Waals surface area contributed by atoms with E-state index in [2.05, 4.69) is 5.32 Å². The molecule has 1 nitrogen and oxygen atoms in total. The summed E-state index contributed by atoms with van der Waals surface area (Å²) >= 11 is 0. The molecule has 17 heavy (non-hydrogen) atoms. The van der Waals surface area contributed by atoms with Crippen molar-refractivity contribution >= 4 is 5.69 Å². The van der Waals surface area contributed by atoms with Crippen LogP contribution in [0.15, 0.2) is 36.4 Å². The quantitative estimate of drug-likeness (QED) is 0.790. The van der Waals surface area contributed by atoms with Gasteiger partial charge in [-0.15, -0.1) is 0 Å². The van der Waals surface area contributed by atoms with E-state index in [0.717, 1.165) is 35.8 Å². The Labute approximate surface area is 98.1 Å². The first-order chi connectivity index (χ1) is 8.25. The van der Waals surface area contributed by atoms with Crippen molar-refractivity contribution in [3.05, 3.63) is 53.6 Å². The van der Waals surface area contributed by atoms with Gasteiger partial charge in [-0.05, 0) is 35.7 Å². The SMILES string of the molecule is Fc1cccc(-c2ccc3c(c2)CCN3)c1F. The van der Waals surface area contributed by atoms with E-state index >= 15 is 0 Å². The van der Waals surface area contributed by atoms with Crippen LogP contribution in [0.2, 0.25) is 0 Å². The normalized spacial score (nSPS) is 13.3. The summed E-state index contributed by atoms with van der Waals surface area (Å²) in [5, 5.41) is 3.24. The molecule has 2 aromatic carbocycles. The van der Waals surface area contributed by atoms with Crippen LogP contribution in [0.3, 0.4) is 0 Å². The number of fused-ring (bicyclic) bond motifs is 1. The molecule has 1 aliphatic rings. The molecule has 0 spiro atoms. The van der Waals surface area contributed by atoms with Crippen LogP contribution in [-0.4, -0.2) is 6.54 Å². The Hall–Kier alpha value is -1.90. The van der Waals surface area contributed by atoms with Crippen molar-refractivity contribution < 1.29 is 8.78 Å². The van der Waals surface area contributed by atoms with Gasteiger partial charge in [0.15, 0.2) is 11.6 Å². The van der Waals surface area contributed by atoms with Gasteiger partial charge in [0.1, 0.15) is 0 Å². The maximum absolute atomic E-state index is 13.6. The predicted octanol–water partition coefficient (Wildman–Crippen LogP) is 3.60. The molecule has 2 aromatic rings. The average molecular weight is 231 g/mol. The molecule has 0 saturated carbocycles. The first-order valence-corrected chi connectivity index (χ1v) is 5.57. The highest BCUT2D eigenvalue weighted by molar-refractivity contribution is 5.70. The molecule has 1 N–H and O–H groups in total. The van der Waals surface area contributed by atoms with Gasteiger partial charge in [0, 0.05) is 17.8 Å². The summed E-state index contributed by atoms with van der Waals surface area (Å²) in [4.78, 5) is 0. The first-order valence-electron chi connectivity index (χ1n) is 5.57. The third kappa shape index (κ3) is 1.68. The Morgan fingerprint density at radius 2 is 1.94 bits per heavy atom. The van der Waals surface area contributed by atoms with Crippen molar-refractivity contribution in [2.24, 2.45) is 0 Å². The number of hydrogen-bond acceptors (Lipinski definition) is 1. The molecule has 3 rings (SSSR count). The maximum atomic E-state index is 13.6. The molecule has 0 unspecified atom stereocenters. The van der Waals surface area contributed by atoms with Crippen molar-refractivity contribution in [1.82, 2.24) is 0 Å². The number of nitrogens with one attached hydrogen (secondary N) is 1. The smallest absolute Gasteiger partial charge is 0.166 e. The molecule has 0 saturated heterocycles. The average Bonchev–Trinajstić information content (AvgIpc) is 2.79. The van der Waals surface area contributed by atoms with Crippen LogP contribution in [0.1, 0.15) is 5.56 Å². The van der Waals surface area contributed by atoms with Gasteiger partial charge in [0.25, 0.3) is 0 Å². The molecule has 1 heterocycles. The maximum Gasteiger partial charge on any atom is 0.166 e. The highest BCUT2D eigenvalue weighted by atomic mass is 19.2. The third-order valence-corrected chi connectivity index (χ3v) is 3.08. The molecule has 0 bridgehead atoms. The van der Waals surface area contributed by atoms with Crippen molar-refractivity contribution in [3.8, 4) is 11.1 Å².